The number of nitrogens with zero attached hydrogens (tertiary/aromatic N) is 1. The van der Waals surface area contributed by atoms with E-state index in [0.29, 0.717) is 12.8 Å². The maximum Gasteiger partial charge on any atom is 0.324 e. The van der Waals surface area contributed by atoms with Crippen LogP contribution in [0.1, 0.15) is 51.2 Å². The molecule has 26 heavy (non-hydrogen) atoms. The van der Waals surface area contributed by atoms with Gasteiger partial charge in [0.25, 0.3) is 0 Å². The fourth-order valence-corrected chi connectivity index (χ4v) is 3.40. The summed E-state index contributed by atoms with van der Waals surface area (Å²) in [5.74, 6) is 5.66. The fourth-order valence-electron chi connectivity index (χ4n) is 2.68. The van der Waals surface area contributed by atoms with E-state index in [9.17, 15) is 9.00 Å². The van der Waals surface area contributed by atoms with Gasteiger partial charge in [0, 0.05) is 41.9 Å². The zero-order valence-corrected chi connectivity index (χ0v) is 16.5. The van der Waals surface area contributed by atoms with Crippen molar-refractivity contribution >= 4 is 22.5 Å². The Hall–Kier alpha value is -2.13. The lowest BCUT2D eigenvalue weighted by Crippen LogP contribution is -2.44. The van der Waals surface area contributed by atoms with E-state index < -0.39 is 21.5 Å². The average Bonchev–Trinajstić information content (AvgIpc) is 3.08. The van der Waals surface area contributed by atoms with Gasteiger partial charge >= 0.3 is 5.97 Å². The van der Waals surface area contributed by atoms with E-state index >= 15 is 0 Å². The van der Waals surface area contributed by atoms with Crippen LogP contribution in [0, 0.1) is 11.8 Å². The molecule has 3 unspecified atom stereocenters. The molecule has 0 radical (unpaired) electrons. The van der Waals surface area contributed by atoms with Crippen LogP contribution in [0.5, 0.6) is 0 Å². The van der Waals surface area contributed by atoms with Crippen LogP contribution in [0.15, 0.2) is 29.4 Å². The maximum atomic E-state index is 12.2. The van der Waals surface area contributed by atoms with Crippen molar-refractivity contribution in [1.82, 2.24) is 0 Å². The third kappa shape index (κ3) is 4.73. The van der Waals surface area contributed by atoms with Crippen molar-refractivity contribution in [1.29, 1.82) is 0 Å². The van der Waals surface area contributed by atoms with E-state index in [-0.39, 0.29) is 12.7 Å². The number of hydrogen-bond acceptors (Lipinski definition) is 5. The van der Waals surface area contributed by atoms with E-state index in [1.54, 1.807) is 13.8 Å². The third-order valence-corrected chi connectivity index (χ3v) is 5.92. The SMILES string of the molecule is CCC#Cc1ccc(C2=NOC(CC(C)(C(=O)OCC)S(C)=O)C2)cc1. The van der Waals surface area contributed by atoms with E-state index in [1.807, 2.05) is 31.2 Å². The van der Waals surface area contributed by atoms with Gasteiger partial charge in [-0.25, -0.2) is 0 Å². The smallest absolute Gasteiger partial charge is 0.324 e. The van der Waals surface area contributed by atoms with Crippen molar-refractivity contribution in [3.63, 3.8) is 0 Å². The van der Waals surface area contributed by atoms with Gasteiger partial charge in [-0.15, -0.1) is 0 Å². The van der Waals surface area contributed by atoms with Crippen LogP contribution in [-0.2, 0) is 25.2 Å². The zero-order valence-electron chi connectivity index (χ0n) is 15.7. The summed E-state index contributed by atoms with van der Waals surface area (Å²) in [5.41, 5.74) is 2.74. The van der Waals surface area contributed by atoms with Gasteiger partial charge in [-0.1, -0.05) is 36.1 Å². The topological polar surface area (TPSA) is 65.0 Å². The Balaban J connectivity index is 2.04. The van der Waals surface area contributed by atoms with Crippen LogP contribution in [-0.4, -0.2) is 39.6 Å². The summed E-state index contributed by atoms with van der Waals surface area (Å²) < 4.78 is 16.1. The lowest BCUT2D eigenvalue weighted by Gasteiger charge is -2.26. The number of carbonyl (C=O) groups excluding carboxylic acids is 1. The monoisotopic (exact) mass is 375 g/mol. The number of carbonyl (C=O) groups is 1. The second-order valence-corrected chi connectivity index (χ2v) is 8.12. The fraction of sp³-hybridized carbons (Fsp3) is 0.500. The summed E-state index contributed by atoms with van der Waals surface area (Å²) in [4.78, 5) is 17.8. The summed E-state index contributed by atoms with van der Waals surface area (Å²) in [6, 6.07) is 7.84. The van der Waals surface area contributed by atoms with Gasteiger partial charge in [0.15, 0.2) is 0 Å². The van der Waals surface area contributed by atoms with Crippen molar-refractivity contribution < 1.29 is 18.6 Å². The minimum absolute atomic E-state index is 0.256. The molecule has 1 aromatic rings. The number of oxime groups is 1. The molecule has 1 heterocycles. The van der Waals surface area contributed by atoms with Gasteiger partial charge in [0.2, 0.25) is 0 Å². The normalized spacial score (nSPS) is 19.4. The van der Waals surface area contributed by atoms with Crippen molar-refractivity contribution in [2.75, 3.05) is 12.9 Å². The average molecular weight is 375 g/mol. The first-order valence-electron chi connectivity index (χ1n) is 8.73. The molecule has 0 aromatic heterocycles. The summed E-state index contributed by atoms with van der Waals surface area (Å²) in [6.07, 6.45) is 2.89. The van der Waals surface area contributed by atoms with Crippen LogP contribution in [0.25, 0.3) is 0 Å². The Morgan fingerprint density at radius 3 is 2.65 bits per heavy atom. The lowest BCUT2D eigenvalue weighted by atomic mass is 9.97. The first-order valence-corrected chi connectivity index (χ1v) is 10.3. The number of benzene rings is 1. The highest BCUT2D eigenvalue weighted by atomic mass is 32.2. The predicted molar refractivity (Wildman–Crippen MR) is 103 cm³/mol. The van der Waals surface area contributed by atoms with Crippen molar-refractivity contribution in [2.45, 2.75) is 50.9 Å². The Morgan fingerprint density at radius 2 is 2.08 bits per heavy atom. The molecule has 3 atom stereocenters. The van der Waals surface area contributed by atoms with Crippen LogP contribution in [0.4, 0.5) is 0 Å². The molecule has 2 rings (SSSR count). The Bertz CT molecular complexity index is 760. The molecule has 0 bridgehead atoms. The highest BCUT2D eigenvalue weighted by Gasteiger charge is 2.43. The van der Waals surface area contributed by atoms with Gasteiger partial charge in [-0.3, -0.25) is 9.00 Å². The molecule has 0 amide bonds. The molecule has 0 N–H and O–H groups in total. The van der Waals surface area contributed by atoms with E-state index in [4.69, 9.17) is 9.57 Å². The van der Waals surface area contributed by atoms with Gasteiger partial charge < -0.3 is 9.57 Å². The van der Waals surface area contributed by atoms with Crippen molar-refractivity contribution in [3.05, 3.63) is 35.4 Å². The van der Waals surface area contributed by atoms with Crippen LogP contribution in [0.3, 0.4) is 0 Å². The van der Waals surface area contributed by atoms with Gasteiger partial charge in [0.05, 0.1) is 12.3 Å². The Kier molecular flexibility index (Phi) is 6.98. The third-order valence-electron chi connectivity index (χ3n) is 4.32. The van der Waals surface area contributed by atoms with Crippen LogP contribution >= 0.6 is 0 Å². The zero-order chi connectivity index (χ0) is 19.2. The quantitative estimate of drug-likeness (QED) is 0.566. The summed E-state index contributed by atoms with van der Waals surface area (Å²) >= 11 is 0. The number of ether oxygens (including phenoxy) is 1. The highest BCUT2D eigenvalue weighted by molar-refractivity contribution is 7.86. The van der Waals surface area contributed by atoms with E-state index in [0.717, 1.165) is 23.3 Å². The minimum Gasteiger partial charge on any atom is -0.465 e. The number of rotatable bonds is 6. The highest BCUT2D eigenvalue weighted by Crippen LogP contribution is 2.28. The molecule has 0 saturated heterocycles. The molecule has 6 heteroatoms. The molecule has 0 spiro atoms. The molecular formula is C20H25NO4S. The lowest BCUT2D eigenvalue weighted by molar-refractivity contribution is -0.146. The maximum absolute atomic E-state index is 12.2. The minimum atomic E-state index is -1.38. The molecule has 0 saturated carbocycles. The second-order valence-electron chi connectivity index (χ2n) is 6.31. The molecule has 1 aromatic carbocycles. The van der Waals surface area contributed by atoms with Crippen LogP contribution < -0.4 is 0 Å². The Morgan fingerprint density at radius 1 is 1.38 bits per heavy atom. The first-order chi connectivity index (χ1) is 12.4. The Labute approximate surface area is 157 Å². The summed E-state index contributed by atoms with van der Waals surface area (Å²) in [7, 11) is -1.38. The summed E-state index contributed by atoms with van der Waals surface area (Å²) in [5, 5.41) is 4.16. The van der Waals surface area contributed by atoms with Gasteiger partial charge in [-0.05, 0) is 31.5 Å². The van der Waals surface area contributed by atoms with E-state index in [2.05, 4.69) is 17.0 Å². The second kappa shape index (κ2) is 9.00. The predicted octanol–water partition coefficient (Wildman–Crippen LogP) is 3.03. The number of esters is 1. The van der Waals surface area contributed by atoms with Crippen molar-refractivity contribution in [3.8, 4) is 11.8 Å². The van der Waals surface area contributed by atoms with Gasteiger partial charge in [-0.2, -0.15) is 0 Å². The van der Waals surface area contributed by atoms with E-state index in [1.165, 1.54) is 6.26 Å². The van der Waals surface area contributed by atoms with Crippen molar-refractivity contribution in [2.24, 2.45) is 5.16 Å². The molecular weight excluding hydrogens is 350 g/mol. The largest absolute Gasteiger partial charge is 0.465 e. The van der Waals surface area contributed by atoms with Gasteiger partial charge in [0.1, 0.15) is 10.9 Å². The number of hydrogen-bond donors (Lipinski definition) is 0. The molecule has 1 aliphatic rings. The standard InChI is InChI=1S/C20H25NO4S/c1-5-7-8-15-9-11-16(12-10-15)18-13-17(25-21-18)14-20(3,26(4)23)19(22)24-6-2/h9-12,17H,5-6,13-14H2,1-4H3. The molecule has 0 aliphatic carbocycles. The molecule has 0 fully saturated rings. The van der Waals surface area contributed by atoms with Crippen LogP contribution in [0.2, 0.25) is 0 Å². The molecule has 1 aliphatic heterocycles. The molecule has 5 nitrogen and oxygen atoms in total. The molecule has 140 valence electrons. The first kappa shape index (κ1) is 20.2. The summed E-state index contributed by atoms with van der Waals surface area (Å²) in [6.45, 7) is 5.66.